The topological polar surface area (TPSA) is 70.7 Å². The molecule has 0 saturated heterocycles. The van der Waals surface area contributed by atoms with Crippen molar-refractivity contribution < 1.29 is 14.3 Å². The van der Waals surface area contributed by atoms with Crippen LogP contribution in [0.2, 0.25) is 5.02 Å². The van der Waals surface area contributed by atoms with Crippen molar-refractivity contribution in [3.63, 3.8) is 0 Å². The predicted octanol–water partition coefficient (Wildman–Crippen LogP) is 5.26. The minimum atomic E-state index is -0.378. The molecular formula is C25H24ClN3O3. The molecule has 3 aromatic rings. The Morgan fingerprint density at radius 1 is 1.09 bits per heavy atom. The van der Waals surface area contributed by atoms with Gasteiger partial charge in [0.05, 0.1) is 12.8 Å². The van der Waals surface area contributed by atoms with Gasteiger partial charge in [-0.2, -0.15) is 0 Å². The van der Waals surface area contributed by atoms with Gasteiger partial charge in [0.25, 0.3) is 5.91 Å². The number of hydrogen-bond donors (Lipinski definition) is 2. The predicted molar refractivity (Wildman–Crippen MR) is 127 cm³/mol. The summed E-state index contributed by atoms with van der Waals surface area (Å²) in [4.78, 5) is 27.4. The first-order valence-corrected chi connectivity index (χ1v) is 10.7. The normalized spacial score (nSPS) is 14.6. The van der Waals surface area contributed by atoms with Crippen LogP contribution in [0.4, 0.5) is 16.2 Å². The van der Waals surface area contributed by atoms with Crippen LogP contribution in [-0.2, 0) is 13.0 Å². The van der Waals surface area contributed by atoms with Crippen molar-refractivity contribution in [2.75, 3.05) is 17.3 Å². The number of rotatable bonds is 5. The van der Waals surface area contributed by atoms with Gasteiger partial charge < -0.3 is 20.3 Å². The molecule has 0 radical (unpaired) electrons. The van der Waals surface area contributed by atoms with E-state index in [9.17, 15) is 9.59 Å². The summed E-state index contributed by atoms with van der Waals surface area (Å²) in [6, 6.07) is 20.0. The average molecular weight is 450 g/mol. The maximum Gasteiger partial charge on any atom is 0.319 e. The molecule has 0 spiro atoms. The first-order valence-electron chi connectivity index (χ1n) is 10.3. The SMILES string of the molecule is COc1ccc(Cl)cc1NC(=O)NCc1ccc2c(c1)N(C(=O)c1ccccc1)C(C)C2. The van der Waals surface area contributed by atoms with Crippen molar-refractivity contribution in [1.82, 2.24) is 5.32 Å². The number of ether oxygens (including phenoxy) is 1. The Balaban J connectivity index is 1.47. The number of fused-ring (bicyclic) bond motifs is 1. The molecular weight excluding hydrogens is 426 g/mol. The number of amides is 3. The smallest absolute Gasteiger partial charge is 0.319 e. The van der Waals surface area contributed by atoms with Crippen molar-refractivity contribution in [3.05, 3.63) is 88.4 Å². The highest BCUT2D eigenvalue weighted by Gasteiger charge is 2.31. The summed E-state index contributed by atoms with van der Waals surface area (Å²) < 4.78 is 5.26. The third-order valence-corrected chi connectivity index (χ3v) is 5.70. The lowest BCUT2D eigenvalue weighted by atomic mass is 10.1. The molecule has 6 nitrogen and oxygen atoms in total. The monoisotopic (exact) mass is 449 g/mol. The van der Waals surface area contributed by atoms with E-state index in [1.165, 1.54) is 7.11 Å². The van der Waals surface area contributed by atoms with Crippen molar-refractivity contribution in [2.24, 2.45) is 0 Å². The van der Waals surface area contributed by atoms with Gasteiger partial charge in [0, 0.05) is 28.9 Å². The van der Waals surface area contributed by atoms with E-state index in [0.29, 0.717) is 28.6 Å². The lowest BCUT2D eigenvalue weighted by molar-refractivity contribution is 0.0981. The number of nitrogens with one attached hydrogen (secondary N) is 2. The first kappa shape index (κ1) is 21.7. The Labute approximate surface area is 192 Å². The zero-order valence-corrected chi connectivity index (χ0v) is 18.6. The van der Waals surface area contributed by atoms with E-state index in [1.54, 1.807) is 18.2 Å². The van der Waals surface area contributed by atoms with E-state index in [4.69, 9.17) is 16.3 Å². The summed E-state index contributed by atoms with van der Waals surface area (Å²) in [5.74, 6) is 0.499. The largest absolute Gasteiger partial charge is 0.495 e. The fourth-order valence-electron chi connectivity index (χ4n) is 3.92. The number of methoxy groups -OCH3 is 1. The summed E-state index contributed by atoms with van der Waals surface area (Å²) in [6.07, 6.45) is 0.802. The molecule has 1 unspecified atom stereocenters. The summed E-state index contributed by atoms with van der Waals surface area (Å²) in [5.41, 5.74) is 4.06. The molecule has 1 aliphatic rings. The van der Waals surface area contributed by atoms with Crippen molar-refractivity contribution in [2.45, 2.75) is 25.9 Å². The van der Waals surface area contributed by atoms with Crippen molar-refractivity contribution in [3.8, 4) is 5.75 Å². The zero-order valence-electron chi connectivity index (χ0n) is 17.9. The van der Waals surface area contributed by atoms with Gasteiger partial charge in [-0.15, -0.1) is 0 Å². The summed E-state index contributed by atoms with van der Waals surface area (Å²) in [5, 5.41) is 6.10. The fraction of sp³-hybridized carbons (Fsp3) is 0.200. The van der Waals surface area contributed by atoms with Crippen molar-refractivity contribution in [1.29, 1.82) is 0 Å². The van der Waals surface area contributed by atoms with Crippen LogP contribution in [0.3, 0.4) is 0 Å². The third-order valence-electron chi connectivity index (χ3n) is 5.47. The van der Waals surface area contributed by atoms with Gasteiger partial charge in [-0.25, -0.2) is 4.79 Å². The minimum absolute atomic E-state index is 0.0206. The number of benzene rings is 3. The Morgan fingerprint density at radius 2 is 1.88 bits per heavy atom. The van der Waals surface area contributed by atoms with Crippen LogP contribution in [0.25, 0.3) is 0 Å². The Bertz CT molecular complexity index is 1150. The third kappa shape index (κ3) is 4.55. The molecule has 0 fully saturated rings. The molecule has 3 aromatic carbocycles. The van der Waals surface area contributed by atoms with Gasteiger partial charge in [-0.05, 0) is 60.9 Å². The molecule has 2 N–H and O–H groups in total. The summed E-state index contributed by atoms with van der Waals surface area (Å²) in [6.45, 7) is 2.36. The molecule has 0 aliphatic carbocycles. The Hall–Kier alpha value is -3.51. The lowest BCUT2D eigenvalue weighted by Crippen LogP contribution is -2.35. The average Bonchev–Trinajstić information content (AvgIpc) is 3.13. The van der Waals surface area contributed by atoms with Gasteiger partial charge in [-0.1, -0.05) is 41.9 Å². The maximum absolute atomic E-state index is 13.1. The second kappa shape index (κ2) is 9.32. The molecule has 164 valence electrons. The number of hydrogen-bond acceptors (Lipinski definition) is 3. The number of nitrogens with zero attached hydrogens (tertiary/aromatic N) is 1. The summed E-state index contributed by atoms with van der Waals surface area (Å²) >= 11 is 6.02. The molecule has 1 heterocycles. The highest BCUT2D eigenvalue weighted by molar-refractivity contribution is 6.31. The van der Waals surface area contributed by atoms with Crippen LogP contribution in [0.1, 0.15) is 28.4 Å². The molecule has 0 bridgehead atoms. The van der Waals surface area contributed by atoms with Gasteiger partial charge in [0.15, 0.2) is 0 Å². The van der Waals surface area contributed by atoms with E-state index >= 15 is 0 Å². The van der Waals surface area contributed by atoms with Gasteiger partial charge in [0.1, 0.15) is 5.75 Å². The Kier molecular flexibility index (Phi) is 6.32. The molecule has 3 amide bonds. The van der Waals surface area contributed by atoms with Crippen LogP contribution >= 0.6 is 11.6 Å². The fourth-order valence-corrected chi connectivity index (χ4v) is 4.09. The van der Waals surface area contributed by atoms with Gasteiger partial charge >= 0.3 is 6.03 Å². The van der Waals surface area contributed by atoms with Crippen LogP contribution in [0.15, 0.2) is 66.7 Å². The number of urea groups is 1. The number of carbonyl (C=O) groups excluding carboxylic acids is 2. The number of carbonyl (C=O) groups is 2. The highest BCUT2D eigenvalue weighted by Crippen LogP contribution is 2.34. The van der Waals surface area contributed by atoms with Crippen molar-refractivity contribution >= 4 is 34.9 Å². The molecule has 0 saturated carbocycles. The van der Waals surface area contributed by atoms with Crippen LogP contribution in [0.5, 0.6) is 5.75 Å². The van der Waals surface area contributed by atoms with Gasteiger partial charge in [0.2, 0.25) is 0 Å². The number of anilines is 2. The van der Waals surface area contributed by atoms with Crippen LogP contribution in [0, 0.1) is 0 Å². The maximum atomic E-state index is 13.1. The molecule has 1 atom stereocenters. The molecule has 32 heavy (non-hydrogen) atoms. The second-order valence-corrected chi connectivity index (χ2v) is 8.15. The summed E-state index contributed by atoms with van der Waals surface area (Å²) in [7, 11) is 1.53. The molecule has 1 aliphatic heterocycles. The Morgan fingerprint density at radius 3 is 2.62 bits per heavy atom. The van der Waals surface area contributed by atoms with Crippen LogP contribution < -0.4 is 20.3 Å². The first-order chi connectivity index (χ1) is 15.5. The molecule has 0 aromatic heterocycles. The lowest BCUT2D eigenvalue weighted by Gasteiger charge is -2.23. The quantitative estimate of drug-likeness (QED) is 0.558. The van der Waals surface area contributed by atoms with E-state index in [2.05, 4.69) is 10.6 Å². The van der Waals surface area contributed by atoms with E-state index in [0.717, 1.165) is 23.2 Å². The van der Waals surface area contributed by atoms with Gasteiger partial charge in [-0.3, -0.25) is 4.79 Å². The number of halogens is 1. The molecule has 7 heteroatoms. The molecule has 4 rings (SSSR count). The minimum Gasteiger partial charge on any atom is -0.495 e. The second-order valence-electron chi connectivity index (χ2n) is 7.71. The van der Waals surface area contributed by atoms with E-state index in [1.807, 2.05) is 60.4 Å². The highest BCUT2D eigenvalue weighted by atomic mass is 35.5. The zero-order chi connectivity index (χ0) is 22.7. The standard InChI is InChI=1S/C25H24ClN3O3/c1-16-12-19-9-8-17(13-22(19)29(16)24(30)18-6-4-3-5-7-18)15-27-25(31)28-21-14-20(26)10-11-23(21)32-2/h3-11,13-14,16H,12,15H2,1-2H3,(H2,27,28,31). The van der Waals surface area contributed by atoms with E-state index < -0.39 is 0 Å². The van der Waals surface area contributed by atoms with E-state index in [-0.39, 0.29) is 18.0 Å². The van der Waals surface area contributed by atoms with Crippen LogP contribution in [-0.4, -0.2) is 25.1 Å².